The van der Waals surface area contributed by atoms with E-state index in [9.17, 15) is 9.18 Å². The lowest BCUT2D eigenvalue weighted by Crippen LogP contribution is -2.40. The maximum atomic E-state index is 13.3. The smallest absolute Gasteiger partial charge is 0.319 e. The molecule has 2 aliphatic rings. The van der Waals surface area contributed by atoms with Crippen LogP contribution in [-0.4, -0.2) is 22.0 Å². The Bertz CT molecular complexity index is 712. The molecular formula is C16H19FN4O. The lowest BCUT2D eigenvalue weighted by atomic mass is 9.83. The minimum atomic E-state index is -0.419. The fourth-order valence-electron chi connectivity index (χ4n) is 3.48. The van der Waals surface area contributed by atoms with Crippen LogP contribution in [0.25, 0.3) is 11.0 Å². The van der Waals surface area contributed by atoms with Gasteiger partial charge >= 0.3 is 6.03 Å². The first-order valence-corrected chi connectivity index (χ1v) is 7.84. The second-order valence-electron chi connectivity index (χ2n) is 6.62. The van der Waals surface area contributed by atoms with E-state index in [1.54, 1.807) is 6.20 Å². The number of carbonyl (C=O) groups excluding carboxylic acids is 1. The summed E-state index contributed by atoms with van der Waals surface area (Å²) >= 11 is 0. The van der Waals surface area contributed by atoms with Crippen LogP contribution in [0.1, 0.15) is 38.5 Å². The molecule has 22 heavy (non-hydrogen) atoms. The van der Waals surface area contributed by atoms with E-state index in [1.807, 2.05) is 0 Å². The van der Waals surface area contributed by atoms with Crippen molar-refractivity contribution in [3.05, 3.63) is 24.3 Å². The van der Waals surface area contributed by atoms with E-state index in [4.69, 9.17) is 0 Å². The van der Waals surface area contributed by atoms with Crippen molar-refractivity contribution in [2.45, 2.75) is 44.6 Å². The second-order valence-corrected chi connectivity index (χ2v) is 6.62. The first kappa shape index (κ1) is 13.5. The number of amides is 2. The Balaban J connectivity index is 1.39. The summed E-state index contributed by atoms with van der Waals surface area (Å²) in [6.45, 7) is 0. The minimum absolute atomic E-state index is 0.234. The molecular weight excluding hydrogens is 283 g/mol. The molecule has 0 unspecified atom stereocenters. The molecule has 0 radical (unpaired) electrons. The number of nitrogens with one attached hydrogen (secondary N) is 3. The first-order chi connectivity index (χ1) is 10.6. The molecule has 2 aromatic heterocycles. The molecule has 4 rings (SSSR count). The van der Waals surface area contributed by atoms with Crippen molar-refractivity contribution in [1.82, 2.24) is 15.3 Å². The van der Waals surface area contributed by atoms with Crippen LogP contribution >= 0.6 is 0 Å². The summed E-state index contributed by atoms with van der Waals surface area (Å²) in [6, 6.07) is 1.37. The Hall–Kier alpha value is -2.11. The number of fused-ring (bicyclic) bond motifs is 1. The number of H-pyrrole nitrogens is 1. The van der Waals surface area contributed by atoms with E-state index in [0.29, 0.717) is 22.1 Å². The molecule has 2 heterocycles. The summed E-state index contributed by atoms with van der Waals surface area (Å²) in [7, 11) is 0. The fourth-order valence-corrected chi connectivity index (χ4v) is 3.48. The summed E-state index contributed by atoms with van der Waals surface area (Å²) in [5.41, 5.74) is 1.73. The normalized spacial score (nSPS) is 20.2. The van der Waals surface area contributed by atoms with Gasteiger partial charge in [-0.15, -0.1) is 0 Å². The van der Waals surface area contributed by atoms with Gasteiger partial charge in [0.25, 0.3) is 0 Å². The van der Waals surface area contributed by atoms with Gasteiger partial charge in [-0.25, -0.2) is 14.2 Å². The van der Waals surface area contributed by atoms with E-state index in [-0.39, 0.29) is 12.1 Å². The van der Waals surface area contributed by atoms with E-state index in [0.717, 1.165) is 19.0 Å². The van der Waals surface area contributed by atoms with Gasteiger partial charge in [-0.1, -0.05) is 0 Å². The third-order valence-electron chi connectivity index (χ3n) is 5.08. The summed E-state index contributed by atoms with van der Waals surface area (Å²) in [5.74, 6) is -0.419. The van der Waals surface area contributed by atoms with Gasteiger partial charge in [0.2, 0.25) is 0 Å². The first-order valence-electron chi connectivity index (χ1n) is 7.84. The van der Waals surface area contributed by atoms with Gasteiger partial charge in [0.1, 0.15) is 11.5 Å². The van der Waals surface area contributed by atoms with Crippen LogP contribution in [-0.2, 0) is 0 Å². The molecule has 2 aromatic rings. The Morgan fingerprint density at radius 2 is 2.09 bits per heavy atom. The number of anilines is 1. The topological polar surface area (TPSA) is 69.8 Å². The van der Waals surface area contributed by atoms with E-state index in [2.05, 4.69) is 20.6 Å². The van der Waals surface area contributed by atoms with Crippen molar-refractivity contribution in [2.75, 3.05) is 5.32 Å². The molecule has 0 atom stereocenters. The zero-order valence-electron chi connectivity index (χ0n) is 12.3. The molecule has 116 valence electrons. The van der Waals surface area contributed by atoms with Gasteiger partial charge in [0, 0.05) is 17.6 Å². The lowest BCUT2D eigenvalue weighted by Gasteiger charge is -2.29. The SMILES string of the molecule is O=C(Nc1c[nH]c2ncc(F)cc12)NC1CCC2(CC1)CC2. The highest BCUT2D eigenvalue weighted by atomic mass is 19.1. The molecule has 5 nitrogen and oxygen atoms in total. The van der Waals surface area contributed by atoms with Crippen molar-refractivity contribution in [1.29, 1.82) is 0 Å². The molecule has 2 fully saturated rings. The number of urea groups is 1. The van der Waals surface area contributed by atoms with Crippen molar-refractivity contribution < 1.29 is 9.18 Å². The molecule has 0 saturated heterocycles. The van der Waals surface area contributed by atoms with Gasteiger partial charge in [0.05, 0.1) is 11.9 Å². The number of hydrogen-bond donors (Lipinski definition) is 3. The summed E-state index contributed by atoms with van der Waals surface area (Å²) in [4.78, 5) is 19.0. The highest BCUT2D eigenvalue weighted by Crippen LogP contribution is 2.56. The number of rotatable bonds is 2. The standard InChI is InChI=1S/C16H19FN4O/c17-10-7-12-13(9-19-14(12)18-8-10)21-15(22)20-11-1-3-16(4-2-11)5-6-16/h7-9,11H,1-6H2,(H,18,19)(H2,20,21,22). The Morgan fingerprint density at radius 3 is 2.82 bits per heavy atom. The van der Waals surface area contributed by atoms with Crippen molar-refractivity contribution in [3.8, 4) is 0 Å². The number of carbonyl (C=O) groups is 1. The Morgan fingerprint density at radius 1 is 1.32 bits per heavy atom. The molecule has 2 aliphatic carbocycles. The molecule has 2 saturated carbocycles. The number of halogens is 1. The zero-order chi connectivity index (χ0) is 15.2. The van der Waals surface area contributed by atoms with Crippen LogP contribution in [0, 0.1) is 11.2 Å². The van der Waals surface area contributed by atoms with Gasteiger partial charge in [-0.2, -0.15) is 0 Å². The number of hydrogen-bond acceptors (Lipinski definition) is 2. The predicted octanol–water partition coefficient (Wildman–Crippen LogP) is 3.55. The zero-order valence-corrected chi connectivity index (χ0v) is 12.3. The van der Waals surface area contributed by atoms with Crippen LogP contribution < -0.4 is 10.6 Å². The van der Waals surface area contributed by atoms with Crippen molar-refractivity contribution in [3.63, 3.8) is 0 Å². The summed E-state index contributed by atoms with van der Waals surface area (Å²) in [5, 5.41) is 6.39. The van der Waals surface area contributed by atoms with Gasteiger partial charge in [-0.05, 0) is 50.0 Å². The van der Waals surface area contributed by atoms with Gasteiger partial charge in [0.15, 0.2) is 0 Å². The number of aromatic nitrogens is 2. The minimum Gasteiger partial charge on any atom is -0.344 e. The average molecular weight is 302 g/mol. The molecule has 3 N–H and O–H groups in total. The van der Waals surface area contributed by atoms with Crippen LogP contribution in [0.4, 0.5) is 14.9 Å². The van der Waals surface area contributed by atoms with E-state index >= 15 is 0 Å². The number of pyridine rings is 1. The highest BCUT2D eigenvalue weighted by molar-refractivity contribution is 5.99. The lowest BCUT2D eigenvalue weighted by molar-refractivity contribution is 0.234. The van der Waals surface area contributed by atoms with Crippen LogP contribution in [0.3, 0.4) is 0 Å². The van der Waals surface area contributed by atoms with Crippen LogP contribution in [0.15, 0.2) is 18.5 Å². The summed E-state index contributed by atoms with van der Waals surface area (Å²) in [6.07, 6.45) is 10.1. The molecule has 0 aromatic carbocycles. The molecule has 2 amide bonds. The third kappa shape index (κ3) is 2.53. The Labute approximate surface area is 127 Å². The maximum absolute atomic E-state index is 13.3. The Kier molecular flexibility index (Phi) is 3.06. The van der Waals surface area contributed by atoms with E-state index < -0.39 is 5.82 Å². The van der Waals surface area contributed by atoms with Gasteiger partial charge < -0.3 is 15.6 Å². The van der Waals surface area contributed by atoms with Crippen LogP contribution in [0.5, 0.6) is 0 Å². The average Bonchev–Trinajstić information content (AvgIpc) is 3.16. The molecule has 0 aliphatic heterocycles. The van der Waals surface area contributed by atoms with Gasteiger partial charge in [-0.3, -0.25) is 0 Å². The molecule has 1 spiro atoms. The number of nitrogens with zero attached hydrogens (tertiary/aromatic N) is 1. The monoisotopic (exact) mass is 302 g/mol. The molecule has 6 heteroatoms. The summed E-state index contributed by atoms with van der Waals surface area (Å²) < 4.78 is 13.3. The fraction of sp³-hybridized carbons (Fsp3) is 0.500. The maximum Gasteiger partial charge on any atom is 0.319 e. The third-order valence-corrected chi connectivity index (χ3v) is 5.08. The van der Waals surface area contributed by atoms with E-state index in [1.165, 1.54) is 31.7 Å². The largest absolute Gasteiger partial charge is 0.344 e. The molecule has 0 bridgehead atoms. The number of aromatic amines is 1. The highest BCUT2D eigenvalue weighted by Gasteiger charge is 2.44. The predicted molar refractivity (Wildman–Crippen MR) is 82.1 cm³/mol. The van der Waals surface area contributed by atoms with Crippen molar-refractivity contribution in [2.24, 2.45) is 5.41 Å². The second kappa shape index (κ2) is 4.97. The quantitative estimate of drug-likeness (QED) is 0.794. The van der Waals surface area contributed by atoms with Crippen molar-refractivity contribution >= 4 is 22.8 Å². The van der Waals surface area contributed by atoms with Crippen LogP contribution in [0.2, 0.25) is 0 Å².